The summed E-state index contributed by atoms with van der Waals surface area (Å²) in [5.41, 5.74) is -1.47. The minimum Gasteiger partial charge on any atom is -0.501 e. The molecule has 0 atom stereocenters. The van der Waals surface area contributed by atoms with Gasteiger partial charge in [-0.2, -0.15) is 0 Å². The van der Waals surface area contributed by atoms with E-state index in [1.54, 1.807) is 6.92 Å². The Kier molecular flexibility index (Phi) is 5.66. The highest BCUT2D eigenvalue weighted by Gasteiger charge is 2.50. The normalized spacial score (nSPS) is 23.7. The first kappa shape index (κ1) is 21.9. The summed E-state index contributed by atoms with van der Waals surface area (Å²) >= 11 is 0. The van der Waals surface area contributed by atoms with Crippen molar-refractivity contribution in [1.29, 1.82) is 0 Å². The van der Waals surface area contributed by atoms with E-state index < -0.39 is 34.6 Å². The summed E-state index contributed by atoms with van der Waals surface area (Å²) in [7, 11) is 0. The van der Waals surface area contributed by atoms with Gasteiger partial charge < -0.3 is 19.9 Å². The fraction of sp³-hybridized carbons (Fsp3) is 0.478. The van der Waals surface area contributed by atoms with Crippen LogP contribution in [0.5, 0.6) is 5.75 Å². The number of alkyl carbamates (subject to hydrolysis) is 1. The molecule has 1 aliphatic carbocycles. The lowest BCUT2D eigenvalue weighted by molar-refractivity contribution is 0.0513. The van der Waals surface area contributed by atoms with Crippen molar-refractivity contribution in [2.45, 2.75) is 58.2 Å². The number of carbonyl (C=O) groups excluding carboxylic acids is 2. The topological polar surface area (TPSA) is 120 Å². The van der Waals surface area contributed by atoms with E-state index in [1.807, 2.05) is 30.3 Å². The van der Waals surface area contributed by atoms with Gasteiger partial charge >= 0.3 is 12.1 Å². The van der Waals surface area contributed by atoms with Crippen molar-refractivity contribution in [3.63, 3.8) is 0 Å². The Balaban J connectivity index is 1.70. The summed E-state index contributed by atoms with van der Waals surface area (Å²) in [5, 5.41) is 13.3. The summed E-state index contributed by atoms with van der Waals surface area (Å²) in [5.74, 6) is -1.36. The molecule has 0 radical (unpaired) electrons. The van der Waals surface area contributed by atoms with Crippen LogP contribution in [0.3, 0.4) is 0 Å². The fourth-order valence-electron chi connectivity index (χ4n) is 4.58. The van der Waals surface area contributed by atoms with Crippen LogP contribution in [-0.2, 0) is 28.2 Å². The number of aromatic nitrogens is 2. The summed E-state index contributed by atoms with van der Waals surface area (Å²) < 4.78 is 11.8. The van der Waals surface area contributed by atoms with Crippen LogP contribution in [0.2, 0.25) is 0 Å². The van der Waals surface area contributed by atoms with Gasteiger partial charge in [0.15, 0.2) is 5.69 Å². The molecule has 9 heteroatoms. The molecule has 170 valence electrons. The first-order valence-electron chi connectivity index (χ1n) is 10.8. The standard InChI is InChI=1S/C23H27N3O6/c1-3-31-19(29)16-17(27)18(28)26-14-22(2)9-11-23(12-10-22,20(26)24-16)25-21(30)32-13-15-7-5-4-6-8-15/h4-8,27H,3,9-14H2,1-2H3,(H,25,30). The smallest absolute Gasteiger partial charge is 0.408 e. The molecule has 0 saturated heterocycles. The molecule has 32 heavy (non-hydrogen) atoms. The van der Waals surface area contributed by atoms with Crippen LogP contribution in [0.4, 0.5) is 4.79 Å². The Hall–Kier alpha value is -3.36. The van der Waals surface area contributed by atoms with Gasteiger partial charge in [-0.15, -0.1) is 0 Å². The highest BCUT2D eigenvalue weighted by molar-refractivity contribution is 5.90. The van der Waals surface area contributed by atoms with Gasteiger partial charge in [0.05, 0.1) is 6.61 Å². The number of benzene rings is 1. The number of esters is 1. The zero-order valence-electron chi connectivity index (χ0n) is 18.2. The number of hydrogen-bond donors (Lipinski definition) is 2. The van der Waals surface area contributed by atoms with Crippen LogP contribution in [0.1, 0.15) is 61.4 Å². The van der Waals surface area contributed by atoms with E-state index >= 15 is 0 Å². The maximum Gasteiger partial charge on any atom is 0.408 e. The summed E-state index contributed by atoms with van der Waals surface area (Å²) in [6, 6.07) is 9.31. The van der Waals surface area contributed by atoms with Gasteiger partial charge in [-0.1, -0.05) is 37.3 Å². The molecule has 1 aromatic heterocycles. The maximum absolute atomic E-state index is 13.0. The second-order valence-corrected chi connectivity index (χ2v) is 8.82. The van der Waals surface area contributed by atoms with Gasteiger partial charge in [-0.25, -0.2) is 14.6 Å². The molecule has 2 aliphatic heterocycles. The fourth-order valence-corrected chi connectivity index (χ4v) is 4.58. The first-order valence-corrected chi connectivity index (χ1v) is 10.8. The third-order valence-electron chi connectivity index (χ3n) is 6.45. The largest absolute Gasteiger partial charge is 0.501 e. The minimum atomic E-state index is -0.988. The monoisotopic (exact) mass is 441 g/mol. The van der Waals surface area contributed by atoms with Gasteiger partial charge in [-0.05, 0) is 43.6 Å². The lowest BCUT2D eigenvalue weighted by atomic mass is 9.69. The molecule has 1 aromatic carbocycles. The highest BCUT2D eigenvalue weighted by Crippen LogP contribution is 2.49. The van der Waals surface area contributed by atoms with E-state index in [0.29, 0.717) is 19.4 Å². The van der Waals surface area contributed by atoms with Crippen molar-refractivity contribution in [2.24, 2.45) is 5.41 Å². The zero-order chi connectivity index (χ0) is 22.9. The van der Waals surface area contributed by atoms with Gasteiger partial charge in [-0.3, -0.25) is 9.36 Å². The lowest BCUT2D eigenvalue weighted by Gasteiger charge is -2.40. The van der Waals surface area contributed by atoms with E-state index in [-0.39, 0.29) is 24.5 Å². The van der Waals surface area contributed by atoms with Crippen molar-refractivity contribution < 1.29 is 24.2 Å². The molecule has 3 aliphatic rings. The molecule has 2 N–H and O–H groups in total. The van der Waals surface area contributed by atoms with Gasteiger partial charge in [0, 0.05) is 6.54 Å². The number of rotatable bonds is 5. The Morgan fingerprint density at radius 3 is 2.50 bits per heavy atom. The second-order valence-electron chi connectivity index (χ2n) is 8.82. The quantitative estimate of drug-likeness (QED) is 0.685. The summed E-state index contributed by atoms with van der Waals surface area (Å²) in [6.07, 6.45) is 1.91. The third kappa shape index (κ3) is 3.94. The molecule has 1 saturated carbocycles. The molecule has 0 unspecified atom stereocenters. The van der Waals surface area contributed by atoms with Gasteiger partial charge in [0.1, 0.15) is 18.0 Å². The maximum atomic E-state index is 13.0. The molecule has 1 amide bonds. The number of nitrogens with one attached hydrogen (secondary N) is 1. The van der Waals surface area contributed by atoms with Crippen molar-refractivity contribution >= 4 is 12.1 Å². The minimum absolute atomic E-state index is 0.0750. The Bertz CT molecular complexity index is 1090. The Morgan fingerprint density at radius 2 is 1.84 bits per heavy atom. The second kappa shape index (κ2) is 8.29. The van der Waals surface area contributed by atoms with E-state index in [2.05, 4.69) is 17.2 Å². The molecule has 9 nitrogen and oxygen atoms in total. The molecular weight excluding hydrogens is 414 g/mol. The average molecular weight is 441 g/mol. The highest BCUT2D eigenvalue weighted by atomic mass is 16.5. The number of amides is 1. The molecule has 0 spiro atoms. The van der Waals surface area contributed by atoms with E-state index in [4.69, 9.17) is 9.47 Å². The van der Waals surface area contributed by atoms with Crippen LogP contribution < -0.4 is 10.9 Å². The molecule has 1 fully saturated rings. The predicted molar refractivity (Wildman–Crippen MR) is 114 cm³/mol. The van der Waals surface area contributed by atoms with Crippen LogP contribution >= 0.6 is 0 Å². The van der Waals surface area contributed by atoms with Crippen molar-refractivity contribution in [1.82, 2.24) is 14.9 Å². The number of nitrogens with zero attached hydrogens (tertiary/aromatic N) is 2. The number of hydrogen-bond acceptors (Lipinski definition) is 7. The van der Waals surface area contributed by atoms with E-state index in [0.717, 1.165) is 18.4 Å². The summed E-state index contributed by atoms with van der Waals surface area (Å²) in [4.78, 5) is 42.5. The first-order chi connectivity index (χ1) is 15.3. The van der Waals surface area contributed by atoms with Gasteiger partial charge in [0.25, 0.3) is 5.56 Å². The zero-order valence-corrected chi connectivity index (χ0v) is 18.2. The molecule has 2 aromatic rings. The molecule has 3 heterocycles. The number of ether oxygens (including phenoxy) is 2. The van der Waals surface area contributed by atoms with Crippen LogP contribution in [0.15, 0.2) is 35.1 Å². The van der Waals surface area contributed by atoms with Crippen molar-refractivity contribution in [3.8, 4) is 5.75 Å². The SMILES string of the molecule is CCOC(=O)c1nc2n(c(=O)c1O)CC1(C)CCC2(NC(=O)OCc2ccccc2)CC1. The van der Waals surface area contributed by atoms with Gasteiger partial charge in [0.2, 0.25) is 5.75 Å². The van der Waals surface area contributed by atoms with E-state index in [9.17, 15) is 19.5 Å². The Morgan fingerprint density at radius 1 is 1.16 bits per heavy atom. The molecule has 5 rings (SSSR count). The molecule has 2 bridgehead atoms. The van der Waals surface area contributed by atoms with Crippen molar-refractivity contribution in [3.05, 3.63) is 57.8 Å². The van der Waals surface area contributed by atoms with Crippen LogP contribution in [-0.4, -0.2) is 33.3 Å². The number of aromatic hydroxyl groups is 1. The average Bonchev–Trinajstić information content (AvgIpc) is 2.98. The summed E-state index contributed by atoms with van der Waals surface area (Å²) in [6.45, 7) is 4.21. The Labute approximate surface area is 185 Å². The third-order valence-corrected chi connectivity index (χ3v) is 6.45. The van der Waals surface area contributed by atoms with Crippen LogP contribution in [0.25, 0.3) is 0 Å². The number of fused-ring (bicyclic) bond motifs is 2. The van der Waals surface area contributed by atoms with E-state index in [1.165, 1.54) is 4.57 Å². The lowest BCUT2D eigenvalue weighted by Crippen LogP contribution is -2.50. The number of carbonyl (C=O) groups is 2. The van der Waals surface area contributed by atoms with Crippen LogP contribution in [0, 0.1) is 5.41 Å². The predicted octanol–water partition coefficient (Wildman–Crippen LogP) is 2.84. The van der Waals surface area contributed by atoms with Crippen molar-refractivity contribution in [2.75, 3.05) is 6.61 Å². The molecular formula is C23H27N3O6.